The lowest BCUT2D eigenvalue weighted by Gasteiger charge is -2.08. The van der Waals surface area contributed by atoms with Crippen molar-refractivity contribution in [3.05, 3.63) is 39.4 Å². The lowest BCUT2D eigenvalue weighted by molar-refractivity contribution is -0.385. The quantitative estimate of drug-likeness (QED) is 0.456. The van der Waals surface area contributed by atoms with Crippen molar-refractivity contribution in [2.45, 2.75) is 33.2 Å². The Hall–Kier alpha value is -1.85. The maximum absolute atomic E-state index is 11.0. The van der Waals surface area contributed by atoms with Gasteiger partial charge >= 0.3 is 0 Å². The summed E-state index contributed by atoms with van der Waals surface area (Å²) in [5.74, 6) is -0.276. The summed E-state index contributed by atoms with van der Waals surface area (Å²) >= 11 is 0. The van der Waals surface area contributed by atoms with E-state index in [2.05, 4.69) is 0 Å². The molecule has 0 saturated carbocycles. The van der Waals surface area contributed by atoms with Crippen molar-refractivity contribution < 1.29 is 14.5 Å². The molecule has 0 aromatic heterocycles. The third-order valence-corrected chi connectivity index (χ3v) is 2.58. The van der Waals surface area contributed by atoms with Gasteiger partial charge < -0.3 is 4.74 Å². The van der Waals surface area contributed by atoms with Gasteiger partial charge in [0.1, 0.15) is 6.61 Å². The predicted octanol–water partition coefficient (Wildman–Crippen LogP) is 3.11. The summed E-state index contributed by atoms with van der Waals surface area (Å²) in [5.41, 5.74) is 1.28. The lowest BCUT2D eigenvalue weighted by atomic mass is 9.83. The van der Waals surface area contributed by atoms with Gasteiger partial charge in [-0.2, -0.15) is 0 Å². The smallest absolute Gasteiger partial charge is 0.276 e. The average molecular weight is 248 g/mol. The molecular formula is C12H15BNO4. The normalized spacial score (nSPS) is 10.2. The fourth-order valence-electron chi connectivity index (χ4n) is 1.46. The largest absolute Gasteiger partial charge is 0.469 e. The van der Waals surface area contributed by atoms with Crippen molar-refractivity contribution in [3.63, 3.8) is 0 Å². The van der Waals surface area contributed by atoms with Crippen molar-refractivity contribution in [2.75, 3.05) is 0 Å². The monoisotopic (exact) mass is 248 g/mol. The highest BCUT2D eigenvalue weighted by Gasteiger charge is 2.16. The van der Waals surface area contributed by atoms with Crippen LogP contribution in [0.3, 0.4) is 0 Å². The zero-order valence-corrected chi connectivity index (χ0v) is 10.7. The third kappa shape index (κ3) is 3.58. The van der Waals surface area contributed by atoms with E-state index in [4.69, 9.17) is 4.74 Å². The number of nitrogens with zero attached hydrogens (tertiary/aromatic N) is 1. The fourth-order valence-corrected chi connectivity index (χ4v) is 1.46. The molecule has 0 heterocycles. The van der Waals surface area contributed by atoms with Crippen molar-refractivity contribution in [2.24, 2.45) is 0 Å². The number of carbonyl (C=O) groups is 1. The van der Waals surface area contributed by atoms with Crippen LogP contribution in [0.5, 0.6) is 0 Å². The molecule has 1 rings (SSSR count). The van der Waals surface area contributed by atoms with Crippen LogP contribution in [0, 0.1) is 10.1 Å². The Kier molecular flexibility index (Phi) is 4.89. The van der Waals surface area contributed by atoms with Crippen LogP contribution in [0.1, 0.15) is 30.9 Å². The molecule has 0 amide bonds. The Morgan fingerprint density at radius 3 is 2.67 bits per heavy atom. The van der Waals surface area contributed by atoms with E-state index < -0.39 is 10.8 Å². The standard InChI is InChI=1S/C12H15BNO4/c1-8(2)9-4-5-10(7-18-12(15)13-3)11(6-9)14(16)17/h4-6,8H,7H2,1-3H3. The first-order chi connectivity index (χ1) is 8.45. The highest BCUT2D eigenvalue weighted by atomic mass is 16.6. The number of rotatable bonds is 5. The van der Waals surface area contributed by atoms with Crippen molar-refractivity contribution in [1.82, 2.24) is 0 Å². The predicted molar refractivity (Wildman–Crippen MR) is 69.0 cm³/mol. The van der Waals surface area contributed by atoms with E-state index >= 15 is 0 Å². The number of nitro benzene ring substituents is 1. The zero-order valence-electron chi connectivity index (χ0n) is 10.7. The topological polar surface area (TPSA) is 69.4 Å². The number of nitro groups is 1. The van der Waals surface area contributed by atoms with Gasteiger partial charge in [-0.25, -0.2) is 0 Å². The molecule has 1 aromatic carbocycles. The first-order valence-electron chi connectivity index (χ1n) is 5.69. The summed E-state index contributed by atoms with van der Waals surface area (Å²) in [4.78, 5) is 21.5. The molecule has 0 bridgehead atoms. The van der Waals surface area contributed by atoms with Gasteiger partial charge in [0.2, 0.25) is 5.87 Å². The van der Waals surface area contributed by atoms with Gasteiger partial charge in [-0.1, -0.05) is 26.7 Å². The van der Waals surface area contributed by atoms with E-state index in [0.29, 0.717) is 5.56 Å². The molecule has 5 nitrogen and oxygen atoms in total. The molecule has 95 valence electrons. The summed E-state index contributed by atoms with van der Waals surface area (Å²) in [6.45, 7) is 5.39. The second kappa shape index (κ2) is 6.19. The summed E-state index contributed by atoms with van der Waals surface area (Å²) in [5, 5.41) is 11.0. The maximum Gasteiger partial charge on any atom is 0.276 e. The average Bonchev–Trinajstić information content (AvgIpc) is 2.35. The Morgan fingerprint density at radius 1 is 1.50 bits per heavy atom. The van der Waals surface area contributed by atoms with Gasteiger partial charge in [-0.15, -0.1) is 0 Å². The summed E-state index contributed by atoms with van der Waals surface area (Å²) in [6.07, 6.45) is 0. The van der Waals surface area contributed by atoms with Crippen molar-refractivity contribution in [3.8, 4) is 0 Å². The number of hydrogen-bond donors (Lipinski definition) is 0. The summed E-state index contributed by atoms with van der Waals surface area (Å²) < 4.78 is 4.87. The van der Waals surface area contributed by atoms with Gasteiger partial charge in [0.25, 0.3) is 13.0 Å². The molecule has 0 aliphatic rings. The van der Waals surface area contributed by atoms with Crippen LogP contribution in [0.25, 0.3) is 0 Å². The maximum atomic E-state index is 11.0. The highest BCUT2D eigenvalue weighted by Crippen LogP contribution is 2.25. The van der Waals surface area contributed by atoms with Crippen LogP contribution in [0.2, 0.25) is 6.82 Å². The van der Waals surface area contributed by atoms with Crippen LogP contribution in [0.4, 0.5) is 10.5 Å². The van der Waals surface area contributed by atoms with Gasteiger partial charge in [-0.3, -0.25) is 14.9 Å². The second-order valence-electron chi connectivity index (χ2n) is 4.20. The molecule has 0 aliphatic heterocycles. The molecule has 6 heteroatoms. The molecule has 1 aromatic rings. The lowest BCUT2D eigenvalue weighted by Crippen LogP contribution is -2.09. The first-order valence-corrected chi connectivity index (χ1v) is 5.69. The van der Waals surface area contributed by atoms with Crippen LogP contribution in [0.15, 0.2) is 18.2 Å². The Bertz CT molecular complexity index is 459. The minimum atomic E-state index is -0.489. The Balaban J connectivity index is 2.97. The van der Waals surface area contributed by atoms with Crippen molar-refractivity contribution in [1.29, 1.82) is 0 Å². The highest BCUT2D eigenvalue weighted by molar-refractivity contribution is 6.70. The van der Waals surface area contributed by atoms with Crippen LogP contribution in [-0.2, 0) is 11.3 Å². The Labute approximate surface area is 107 Å². The van der Waals surface area contributed by atoms with E-state index in [0.717, 1.165) is 5.56 Å². The van der Waals surface area contributed by atoms with Gasteiger partial charge in [0.05, 0.1) is 10.5 Å². The van der Waals surface area contributed by atoms with Crippen molar-refractivity contribution >= 4 is 18.8 Å². The molecule has 18 heavy (non-hydrogen) atoms. The van der Waals surface area contributed by atoms with E-state index in [1.165, 1.54) is 13.3 Å². The van der Waals surface area contributed by atoms with Crippen LogP contribution < -0.4 is 0 Å². The van der Waals surface area contributed by atoms with E-state index in [-0.39, 0.29) is 18.2 Å². The minimum absolute atomic E-state index is 0.00916. The molecule has 0 N–H and O–H groups in total. The molecule has 0 unspecified atom stereocenters. The molecule has 0 aliphatic carbocycles. The first kappa shape index (κ1) is 14.2. The van der Waals surface area contributed by atoms with Gasteiger partial charge in [0.15, 0.2) is 0 Å². The Morgan fingerprint density at radius 2 is 2.17 bits per heavy atom. The van der Waals surface area contributed by atoms with Gasteiger partial charge in [0, 0.05) is 6.07 Å². The SMILES string of the molecule is C[B]C(=O)OCc1ccc(C(C)C)cc1[N+](=O)[O-]. The molecule has 1 radical (unpaired) electrons. The van der Waals surface area contributed by atoms with Crippen LogP contribution in [-0.4, -0.2) is 18.1 Å². The van der Waals surface area contributed by atoms with Crippen LogP contribution >= 0.6 is 0 Å². The number of hydrogen-bond acceptors (Lipinski definition) is 4. The molecule has 0 spiro atoms. The van der Waals surface area contributed by atoms with E-state index in [9.17, 15) is 14.9 Å². The number of ether oxygens (including phenoxy) is 1. The fraction of sp³-hybridized carbons (Fsp3) is 0.417. The second-order valence-corrected chi connectivity index (χ2v) is 4.20. The number of carbonyl (C=O) groups excluding carboxylic acids is 1. The molecule has 0 atom stereocenters. The summed E-state index contributed by atoms with van der Waals surface area (Å²) in [7, 11) is 1.27. The van der Waals surface area contributed by atoms with E-state index in [1.54, 1.807) is 12.9 Å². The zero-order chi connectivity index (χ0) is 13.7. The molecule has 0 saturated heterocycles. The van der Waals surface area contributed by atoms with E-state index in [1.807, 2.05) is 19.9 Å². The molecular weight excluding hydrogens is 233 g/mol. The molecule has 0 fully saturated rings. The number of benzene rings is 1. The third-order valence-electron chi connectivity index (χ3n) is 2.58. The summed E-state index contributed by atoms with van der Waals surface area (Å²) in [6, 6.07) is 4.98. The van der Waals surface area contributed by atoms with Gasteiger partial charge in [-0.05, 0) is 17.5 Å². The minimum Gasteiger partial charge on any atom is -0.469 e.